The Bertz CT molecular complexity index is 337. The summed E-state index contributed by atoms with van der Waals surface area (Å²) in [5.74, 6) is 0. The van der Waals surface area contributed by atoms with Gasteiger partial charge in [-0.25, -0.2) is 0 Å². The van der Waals surface area contributed by atoms with Gasteiger partial charge in [-0.2, -0.15) is 0 Å². The number of aromatic nitrogens is 2. The highest BCUT2D eigenvalue weighted by molar-refractivity contribution is 7.11. The maximum Gasteiger partial charge on any atom is 0.152 e. The quantitative estimate of drug-likeness (QED) is 0.769. The van der Waals surface area contributed by atoms with Crippen LogP contribution in [0, 0.1) is 0 Å². The minimum atomic E-state index is -0.401. The van der Waals surface area contributed by atoms with Crippen molar-refractivity contribution < 1.29 is 9.47 Å². The van der Waals surface area contributed by atoms with Gasteiger partial charge in [-0.15, -0.1) is 21.8 Å². The van der Waals surface area contributed by atoms with Crippen LogP contribution in [-0.2, 0) is 15.1 Å². The van der Waals surface area contributed by atoms with Crippen LogP contribution >= 0.6 is 22.9 Å². The molecule has 0 amide bonds. The summed E-state index contributed by atoms with van der Waals surface area (Å²) in [6.45, 7) is 3.14. The number of rotatable bonds is 3. The number of halogens is 1. The molecule has 2 atom stereocenters. The highest BCUT2D eigenvalue weighted by atomic mass is 35.5. The lowest BCUT2D eigenvalue weighted by atomic mass is 10.1. The van der Waals surface area contributed by atoms with Gasteiger partial charge in [0.05, 0.1) is 12.0 Å². The Hall–Kier alpha value is -0.230. The molecule has 1 aliphatic heterocycles. The number of alkyl halides is 1. The molecule has 4 nitrogen and oxygen atoms in total. The van der Waals surface area contributed by atoms with Gasteiger partial charge in [0.25, 0.3) is 0 Å². The van der Waals surface area contributed by atoms with E-state index < -0.39 is 5.60 Å². The fraction of sp³-hybridized carbons (Fsp3) is 0.778. The topological polar surface area (TPSA) is 44.2 Å². The van der Waals surface area contributed by atoms with E-state index in [1.165, 1.54) is 11.3 Å². The summed E-state index contributed by atoms with van der Waals surface area (Å²) in [6.07, 6.45) is 0.828. The number of ether oxygens (including phenoxy) is 2. The Labute approximate surface area is 97.6 Å². The number of hydrogen-bond acceptors (Lipinski definition) is 5. The molecule has 0 aliphatic carbocycles. The van der Waals surface area contributed by atoms with E-state index in [0.717, 1.165) is 16.4 Å². The van der Waals surface area contributed by atoms with Gasteiger partial charge in [-0.05, 0) is 6.92 Å². The number of hydrogen-bond donors (Lipinski definition) is 0. The summed E-state index contributed by atoms with van der Waals surface area (Å²) < 4.78 is 10.9. The normalized spacial score (nSPS) is 28.2. The molecule has 1 aromatic rings. The van der Waals surface area contributed by atoms with E-state index in [4.69, 9.17) is 21.1 Å². The second kappa shape index (κ2) is 4.33. The molecule has 1 fully saturated rings. The maximum absolute atomic E-state index is 5.95. The predicted octanol–water partition coefficient (Wildman–Crippen LogP) is 2.10. The molecule has 84 valence electrons. The van der Waals surface area contributed by atoms with E-state index in [2.05, 4.69) is 10.2 Å². The first kappa shape index (κ1) is 11.3. The lowest BCUT2D eigenvalue weighted by molar-refractivity contribution is -0.0219. The second-order valence-corrected chi connectivity index (χ2v) is 5.23. The summed E-state index contributed by atoms with van der Waals surface area (Å²) >= 11 is 7.45. The molecule has 2 rings (SSSR count). The largest absolute Gasteiger partial charge is 0.378 e. The van der Waals surface area contributed by atoms with Crippen molar-refractivity contribution in [2.24, 2.45) is 0 Å². The summed E-state index contributed by atoms with van der Waals surface area (Å²) in [4.78, 5) is 0. The minimum Gasteiger partial charge on any atom is -0.378 e. The SMILES string of the molecule is COC1(c2nnc(C(C)Cl)s2)CCOC1. The van der Waals surface area contributed by atoms with Crippen molar-refractivity contribution in [3.05, 3.63) is 10.0 Å². The molecule has 0 spiro atoms. The lowest BCUT2D eigenvalue weighted by Gasteiger charge is -2.21. The van der Waals surface area contributed by atoms with Crippen LogP contribution in [0.4, 0.5) is 0 Å². The average molecular weight is 249 g/mol. The molecule has 1 aromatic heterocycles. The van der Waals surface area contributed by atoms with E-state index in [-0.39, 0.29) is 5.38 Å². The zero-order valence-corrected chi connectivity index (χ0v) is 10.3. The summed E-state index contributed by atoms with van der Waals surface area (Å²) in [5.41, 5.74) is -0.401. The third-order valence-corrected chi connectivity index (χ3v) is 4.17. The first-order valence-electron chi connectivity index (χ1n) is 4.79. The molecule has 6 heteroatoms. The van der Waals surface area contributed by atoms with Gasteiger partial charge in [0, 0.05) is 20.1 Å². The van der Waals surface area contributed by atoms with Crippen molar-refractivity contribution in [2.45, 2.75) is 24.3 Å². The number of nitrogens with zero attached hydrogens (tertiary/aromatic N) is 2. The van der Waals surface area contributed by atoms with E-state index >= 15 is 0 Å². The fourth-order valence-corrected chi connectivity index (χ4v) is 2.67. The molecule has 0 N–H and O–H groups in total. The Morgan fingerprint density at radius 1 is 1.60 bits per heavy atom. The van der Waals surface area contributed by atoms with E-state index in [1.807, 2.05) is 6.92 Å². The molecular formula is C9H13ClN2O2S. The third-order valence-electron chi connectivity index (χ3n) is 2.55. The Kier molecular flexibility index (Phi) is 3.25. The van der Waals surface area contributed by atoms with Crippen LogP contribution in [0.5, 0.6) is 0 Å². The van der Waals surface area contributed by atoms with Crippen molar-refractivity contribution in [1.29, 1.82) is 0 Å². The van der Waals surface area contributed by atoms with Crippen molar-refractivity contribution in [2.75, 3.05) is 20.3 Å². The van der Waals surface area contributed by atoms with Gasteiger partial charge < -0.3 is 9.47 Å². The molecule has 1 aliphatic rings. The van der Waals surface area contributed by atoms with Crippen LogP contribution in [0.3, 0.4) is 0 Å². The third kappa shape index (κ3) is 2.01. The van der Waals surface area contributed by atoms with E-state index in [1.54, 1.807) is 7.11 Å². The van der Waals surface area contributed by atoms with Gasteiger partial charge in [-0.3, -0.25) is 0 Å². The second-order valence-electron chi connectivity index (χ2n) is 3.56. The molecule has 1 saturated heterocycles. The average Bonchev–Trinajstić information content (AvgIpc) is 2.87. The van der Waals surface area contributed by atoms with Gasteiger partial charge in [0.15, 0.2) is 5.01 Å². The zero-order valence-electron chi connectivity index (χ0n) is 8.70. The monoisotopic (exact) mass is 248 g/mol. The summed E-state index contributed by atoms with van der Waals surface area (Å²) in [6, 6.07) is 0. The fourth-order valence-electron chi connectivity index (χ4n) is 1.54. The van der Waals surface area contributed by atoms with Crippen LogP contribution in [0.1, 0.15) is 28.7 Å². The molecule has 0 saturated carbocycles. The van der Waals surface area contributed by atoms with E-state index in [0.29, 0.717) is 13.2 Å². The van der Waals surface area contributed by atoms with Crippen LogP contribution < -0.4 is 0 Å². The summed E-state index contributed by atoms with van der Waals surface area (Å²) in [5, 5.41) is 9.79. The van der Waals surface area contributed by atoms with Crippen molar-refractivity contribution >= 4 is 22.9 Å². The molecule has 2 heterocycles. The van der Waals surface area contributed by atoms with Gasteiger partial charge in [-0.1, -0.05) is 11.3 Å². The minimum absolute atomic E-state index is 0.104. The Morgan fingerprint density at radius 2 is 2.40 bits per heavy atom. The van der Waals surface area contributed by atoms with E-state index in [9.17, 15) is 0 Å². The van der Waals surface area contributed by atoms with Crippen LogP contribution in [0.25, 0.3) is 0 Å². The first-order chi connectivity index (χ1) is 7.18. The predicted molar refractivity (Wildman–Crippen MR) is 58.3 cm³/mol. The van der Waals surface area contributed by atoms with Crippen LogP contribution in [0.15, 0.2) is 0 Å². The number of methoxy groups -OCH3 is 1. The first-order valence-corrected chi connectivity index (χ1v) is 6.04. The highest BCUT2D eigenvalue weighted by Crippen LogP contribution is 2.37. The molecule has 15 heavy (non-hydrogen) atoms. The molecule has 0 bridgehead atoms. The van der Waals surface area contributed by atoms with Crippen molar-refractivity contribution in [1.82, 2.24) is 10.2 Å². The Morgan fingerprint density at radius 3 is 2.87 bits per heavy atom. The van der Waals surface area contributed by atoms with Gasteiger partial charge in [0.2, 0.25) is 0 Å². The van der Waals surface area contributed by atoms with Gasteiger partial charge in [0.1, 0.15) is 10.6 Å². The molecular weight excluding hydrogens is 236 g/mol. The Balaban J connectivity index is 2.27. The van der Waals surface area contributed by atoms with Crippen molar-refractivity contribution in [3.63, 3.8) is 0 Å². The molecule has 2 unspecified atom stereocenters. The summed E-state index contributed by atoms with van der Waals surface area (Å²) in [7, 11) is 1.68. The van der Waals surface area contributed by atoms with Gasteiger partial charge >= 0.3 is 0 Å². The zero-order chi connectivity index (χ0) is 10.9. The van der Waals surface area contributed by atoms with Crippen LogP contribution in [-0.4, -0.2) is 30.5 Å². The van der Waals surface area contributed by atoms with Crippen molar-refractivity contribution in [3.8, 4) is 0 Å². The lowest BCUT2D eigenvalue weighted by Crippen LogP contribution is -2.28. The highest BCUT2D eigenvalue weighted by Gasteiger charge is 2.40. The standard InChI is InChI=1S/C9H13ClN2O2S/c1-6(10)7-11-12-8(15-7)9(13-2)3-4-14-5-9/h6H,3-5H2,1-2H3. The van der Waals surface area contributed by atoms with Crippen LogP contribution in [0.2, 0.25) is 0 Å². The molecule has 0 aromatic carbocycles. The molecule has 0 radical (unpaired) electrons. The maximum atomic E-state index is 5.95. The smallest absolute Gasteiger partial charge is 0.152 e.